The van der Waals surface area contributed by atoms with Gasteiger partial charge in [0.05, 0.1) is 18.2 Å². The maximum Gasteiger partial charge on any atom is 0.325 e. The Morgan fingerprint density at radius 1 is 1.24 bits per heavy atom. The van der Waals surface area contributed by atoms with E-state index < -0.39 is 5.97 Å². The molecule has 5 rings (SSSR count). The maximum atomic E-state index is 13.1. The smallest absolute Gasteiger partial charge is 0.325 e. The fourth-order valence-electron chi connectivity index (χ4n) is 6.69. The lowest BCUT2D eigenvalue weighted by Crippen LogP contribution is -2.59. The Kier molecular flexibility index (Phi) is 3.50. The molecule has 136 valence electrons. The molecule has 4 aliphatic carbocycles. The molecular weight excluding hydrogens is 320 g/mol. The highest BCUT2D eigenvalue weighted by atomic mass is 16.4. The van der Waals surface area contributed by atoms with Crippen LogP contribution in [0.15, 0.2) is 6.20 Å². The van der Waals surface area contributed by atoms with Gasteiger partial charge in [-0.25, -0.2) is 4.68 Å². The molecule has 0 aromatic carbocycles. The van der Waals surface area contributed by atoms with Gasteiger partial charge in [0.25, 0.3) is 0 Å². The van der Waals surface area contributed by atoms with E-state index in [0.29, 0.717) is 29.0 Å². The third-order valence-corrected chi connectivity index (χ3v) is 6.42. The van der Waals surface area contributed by atoms with E-state index in [2.05, 4.69) is 29.5 Å². The second kappa shape index (κ2) is 5.29. The Balaban J connectivity index is 1.44. The van der Waals surface area contributed by atoms with Crippen molar-refractivity contribution in [2.24, 2.45) is 22.2 Å². The zero-order valence-corrected chi connectivity index (χ0v) is 14.9. The van der Waals surface area contributed by atoms with Gasteiger partial charge in [-0.1, -0.05) is 19.1 Å². The molecule has 1 aromatic heterocycles. The lowest BCUT2D eigenvalue weighted by molar-refractivity contribution is -0.170. The van der Waals surface area contributed by atoms with Crippen molar-refractivity contribution in [2.45, 2.75) is 65.5 Å². The third kappa shape index (κ3) is 2.93. The summed E-state index contributed by atoms with van der Waals surface area (Å²) in [4.78, 5) is 23.8. The van der Waals surface area contributed by atoms with Gasteiger partial charge in [0.15, 0.2) is 0 Å². The summed E-state index contributed by atoms with van der Waals surface area (Å²) in [6.07, 6.45) is 8.34. The highest BCUT2D eigenvalue weighted by Gasteiger charge is 2.62. The van der Waals surface area contributed by atoms with E-state index in [1.54, 1.807) is 6.20 Å². The molecular formula is C18H26N4O3. The van der Waals surface area contributed by atoms with Crippen molar-refractivity contribution in [2.75, 3.05) is 0 Å². The summed E-state index contributed by atoms with van der Waals surface area (Å²) < 4.78 is 1.27. The molecule has 0 saturated heterocycles. The van der Waals surface area contributed by atoms with Crippen LogP contribution in [-0.4, -0.2) is 32.0 Å². The zero-order valence-electron chi connectivity index (χ0n) is 14.9. The molecule has 2 atom stereocenters. The van der Waals surface area contributed by atoms with Crippen LogP contribution in [0.2, 0.25) is 0 Å². The summed E-state index contributed by atoms with van der Waals surface area (Å²) in [5.41, 5.74) is 0.962. The molecule has 25 heavy (non-hydrogen) atoms. The second-order valence-corrected chi connectivity index (χ2v) is 9.39. The number of amides is 1. The predicted octanol–water partition coefficient (Wildman–Crippen LogP) is 1.98. The normalized spacial score (nSPS) is 38.7. The number of carboxylic acids is 1. The first-order valence-corrected chi connectivity index (χ1v) is 9.09. The van der Waals surface area contributed by atoms with Crippen LogP contribution in [-0.2, 0) is 22.7 Å². The van der Waals surface area contributed by atoms with E-state index in [1.165, 1.54) is 23.9 Å². The fourth-order valence-corrected chi connectivity index (χ4v) is 6.69. The van der Waals surface area contributed by atoms with Gasteiger partial charge < -0.3 is 10.4 Å². The number of carbonyl (C=O) groups is 2. The van der Waals surface area contributed by atoms with Gasteiger partial charge in [0, 0.05) is 0 Å². The lowest BCUT2D eigenvalue weighted by atomic mass is 9.40. The SMILES string of the molecule is CC12CC3CC(C)(C1)CC(C(=O)NCc1cn(CC(=O)O)nn1)(C3)C2. The Hall–Kier alpha value is -1.92. The van der Waals surface area contributed by atoms with Crippen molar-refractivity contribution in [1.29, 1.82) is 0 Å². The van der Waals surface area contributed by atoms with Gasteiger partial charge in [-0.05, 0) is 55.3 Å². The number of carboxylic acid groups (broad SMARTS) is 1. The molecule has 7 heteroatoms. The maximum absolute atomic E-state index is 13.1. The number of hydrogen-bond donors (Lipinski definition) is 2. The number of nitrogens with zero attached hydrogens (tertiary/aromatic N) is 3. The van der Waals surface area contributed by atoms with Crippen LogP contribution in [0.4, 0.5) is 0 Å². The highest BCUT2D eigenvalue weighted by Crippen LogP contribution is 2.69. The summed E-state index contributed by atoms with van der Waals surface area (Å²) in [7, 11) is 0. The predicted molar refractivity (Wildman–Crippen MR) is 89.3 cm³/mol. The molecule has 0 aliphatic heterocycles. The average molecular weight is 346 g/mol. The van der Waals surface area contributed by atoms with Crippen LogP contribution >= 0.6 is 0 Å². The number of aliphatic carboxylic acids is 1. The Morgan fingerprint density at radius 2 is 1.92 bits per heavy atom. The van der Waals surface area contributed by atoms with Gasteiger partial charge in [0.2, 0.25) is 5.91 Å². The number of carbonyl (C=O) groups excluding carboxylic acids is 1. The molecule has 4 bridgehead atoms. The standard InChI is InChI=1S/C18H26N4O3/c1-16-3-12-4-17(2,9-16)11-18(5-12,10-16)15(25)19-6-13-7-22(21-20-13)8-14(23)24/h7,12H,3-6,8-11H2,1-2H3,(H,19,25)(H,23,24). The lowest BCUT2D eigenvalue weighted by Gasteiger charge is -2.64. The van der Waals surface area contributed by atoms with Crippen molar-refractivity contribution >= 4 is 11.9 Å². The van der Waals surface area contributed by atoms with Crippen LogP contribution in [0.5, 0.6) is 0 Å². The topological polar surface area (TPSA) is 97.1 Å². The van der Waals surface area contributed by atoms with E-state index in [1.807, 2.05) is 0 Å². The molecule has 4 fully saturated rings. The van der Waals surface area contributed by atoms with Gasteiger partial charge in [-0.15, -0.1) is 5.10 Å². The first-order valence-electron chi connectivity index (χ1n) is 9.09. The minimum atomic E-state index is -0.962. The fraction of sp³-hybridized carbons (Fsp3) is 0.778. The van der Waals surface area contributed by atoms with E-state index in [9.17, 15) is 9.59 Å². The highest BCUT2D eigenvalue weighted by molar-refractivity contribution is 5.83. The molecule has 2 unspecified atom stereocenters. The number of rotatable bonds is 5. The molecule has 2 N–H and O–H groups in total. The Bertz CT molecular complexity index is 710. The molecule has 7 nitrogen and oxygen atoms in total. The quantitative estimate of drug-likeness (QED) is 0.849. The molecule has 0 radical (unpaired) electrons. The van der Waals surface area contributed by atoms with Crippen LogP contribution in [0.25, 0.3) is 0 Å². The van der Waals surface area contributed by atoms with Crippen molar-refractivity contribution in [3.63, 3.8) is 0 Å². The Labute approximate surface area is 147 Å². The summed E-state index contributed by atoms with van der Waals surface area (Å²) in [6, 6.07) is 0. The summed E-state index contributed by atoms with van der Waals surface area (Å²) >= 11 is 0. The number of nitrogens with one attached hydrogen (secondary N) is 1. The van der Waals surface area contributed by atoms with Crippen LogP contribution in [0, 0.1) is 22.2 Å². The molecule has 1 heterocycles. The third-order valence-electron chi connectivity index (χ3n) is 6.42. The minimum absolute atomic E-state index is 0.141. The van der Waals surface area contributed by atoms with Gasteiger partial charge in [0.1, 0.15) is 12.2 Å². The monoisotopic (exact) mass is 346 g/mol. The van der Waals surface area contributed by atoms with E-state index in [0.717, 1.165) is 19.3 Å². The first-order chi connectivity index (χ1) is 11.7. The van der Waals surface area contributed by atoms with Crippen molar-refractivity contribution in [3.05, 3.63) is 11.9 Å². The van der Waals surface area contributed by atoms with Gasteiger partial charge >= 0.3 is 5.97 Å². The Morgan fingerprint density at radius 3 is 2.52 bits per heavy atom. The van der Waals surface area contributed by atoms with Gasteiger partial charge in [-0.3, -0.25) is 9.59 Å². The summed E-state index contributed by atoms with van der Waals surface area (Å²) in [5, 5.41) is 19.6. The minimum Gasteiger partial charge on any atom is -0.480 e. The zero-order chi connectivity index (χ0) is 17.9. The number of aromatic nitrogens is 3. The van der Waals surface area contributed by atoms with Crippen LogP contribution < -0.4 is 5.32 Å². The first kappa shape index (κ1) is 16.5. The van der Waals surface area contributed by atoms with Crippen LogP contribution in [0.3, 0.4) is 0 Å². The largest absolute Gasteiger partial charge is 0.480 e. The van der Waals surface area contributed by atoms with E-state index in [-0.39, 0.29) is 17.9 Å². The van der Waals surface area contributed by atoms with Gasteiger partial charge in [-0.2, -0.15) is 0 Å². The second-order valence-electron chi connectivity index (χ2n) is 9.39. The number of hydrogen-bond acceptors (Lipinski definition) is 4. The molecule has 0 spiro atoms. The van der Waals surface area contributed by atoms with Crippen molar-refractivity contribution in [3.8, 4) is 0 Å². The molecule has 4 aliphatic rings. The average Bonchev–Trinajstić information content (AvgIpc) is 2.87. The van der Waals surface area contributed by atoms with E-state index >= 15 is 0 Å². The summed E-state index contributed by atoms with van der Waals surface area (Å²) in [5.74, 6) is -0.147. The van der Waals surface area contributed by atoms with Crippen molar-refractivity contribution in [1.82, 2.24) is 20.3 Å². The summed E-state index contributed by atoms with van der Waals surface area (Å²) in [6.45, 7) is 4.80. The van der Waals surface area contributed by atoms with Crippen molar-refractivity contribution < 1.29 is 14.7 Å². The molecule has 1 aromatic rings. The van der Waals surface area contributed by atoms with E-state index in [4.69, 9.17) is 5.11 Å². The molecule has 1 amide bonds. The van der Waals surface area contributed by atoms with Crippen LogP contribution in [0.1, 0.15) is 58.1 Å². The molecule has 4 saturated carbocycles.